The Morgan fingerprint density at radius 1 is 0.460 bits per heavy atom. The third-order valence-corrected chi connectivity index (χ3v) is 12.8. The van der Waals surface area contributed by atoms with Gasteiger partial charge in [-0.15, -0.1) is 0 Å². The molecule has 9 aromatic rings. The summed E-state index contributed by atoms with van der Waals surface area (Å²) in [6, 6.07) is 77.3. The number of anilines is 2. The summed E-state index contributed by atoms with van der Waals surface area (Å²) in [6.07, 6.45) is 8.48. The van der Waals surface area contributed by atoms with Crippen molar-refractivity contribution in [2.75, 3.05) is 11.4 Å². The number of hydrogen-bond acceptors (Lipinski definition) is 1. The second kappa shape index (κ2) is 17.0. The zero-order chi connectivity index (χ0) is 42.8. The van der Waals surface area contributed by atoms with Gasteiger partial charge in [-0.25, -0.2) is 0 Å². The number of rotatable bonds is 11. The number of allylic oxidation sites excluding steroid dienone is 4. The second-order valence-corrected chi connectivity index (χ2v) is 16.9. The fraction of sp³-hybridized carbons (Fsp3) is 0.0645. The van der Waals surface area contributed by atoms with Crippen LogP contribution in [0.5, 0.6) is 0 Å². The van der Waals surface area contributed by atoms with Gasteiger partial charge in [0.15, 0.2) is 0 Å². The maximum absolute atomic E-state index is 4.06. The van der Waals surface area contributed by atoms with Crippen LogP contribution >= 0.6 is 0 Å². The molecule has 0 spiro atoms. The van der Waals surface area contributed by atoms with E-state index in [1.165, 1.54) is 77.5 Å². The highest BCUT2D eigenvalue weighted by Gasteiger charge is 2.36. The molecule has 0 amide bonds. The van der Waals surface area contributed by atoms with Gasteiger partial charge in [0.1, 0.15) is 0 Å². The Kier molecular flexibility index (Phi) is 10.6. The van der Waals surface area contributed by atoms with Crippen LogP contribution in [0.25, 0.3) is 72.0 Å². The molecule has 0 unspecified atom stereocenters. The summed E-state index contributed by atoms with van der Waals surface area (Å²) in [6.45, 7) is 9.50. The average molecular weight is 808 g/mol. The first-order valence-corrected chi connectivity index (χ1v) is 21.9. The van der Waals surface area contributed by atoms with Crippen molar-refractivity contribution in [1.82, 2.24) is 0 Å². The van der Waals surface area contributed by atoms with Crippen molar-refractivity contribution < 1.29 is 0 Å². The smallest absolute Gasteiger partial charge is 0.0417 e. The Bertz CT molecular complexity index is 3130. The maximum atomic E-state index is 4.06. The molecule has 10 rings (SSSR count). The Labute approximate surface area is 372 Å². The van der Waals surface area contributed by atoms with Gasteiger partial charge in [-0.05, 0) is 119 Å². The van der Waals surface area contributed by atoms with Crippen LogP contribution in [-0.2, 0) is 5.41 Å². The van der Waals surface area contributed by atoms with Gasteiger partial charge < -0.3 is 4.90 Å². The van der Waals surface area contributed by atoms with E-state index in [9.17, 15) is 0 Å². The molecule has 0 heterocycles. The van der Waals surface area contributed by atoms with E-state index in [0.717, 1.165) is 22.5 Å². The van der Waals surface area contributed by atoms with Gasteiger partial charge in [0.25, 0.3) is 0 Å². The third kappa shape index (κ3) is 7.75. The van der Waals surface area contributed by atoms with Crippen molar-refractivity contribution in [1.29, 1.82) is 0 Å². The minimum atomic E-state index is -0.190. The Balaban J connectivity index is 0.985. The third-order valence-electron chi connectivity index (χ3n) is 12.8. The first-order valence-electron chi connectivity index (χ1n) is 21.9. The first kappa shape index (κ1) is 39.4. The summed E-state index contributed by atoms with van der Waals surface area (Å²) < 4.78 is 0. The highest BCUT2D eigenvalue weighted by Crippen LogP contribution is 2.51. The summed E-state index contributed by atoms with van der Waals surface area (Å²) in [5.74, 6) is 0. The molecule has 1 aliphatic carbocycles. The van der Waals surface area contributed by atoms with E-state index >= 15 is 0 Å². The number of hydrogen-bond donors (Lipinski definition) is 0. The Hall–Kier alpha value is -7.74. The van der Waals surface area contributed by atoms with Gasteiger partial charge in [-0.2, -0.15) is 0 Å². The molecule has 302 valence electrons. The van der Waals surface area contributed by atoms with Gasteiger partial charge >= 0.3 is 0 Å². The predicted molar refractivity (Wildman–Crippen MR) is 270 cm³/mol. The quantitative estimate of drug-likeness (QED) is 0.118. The van der Waals surface area contributed by atoms with E-state index in [1.807, 2.05) is 6.08 Å². The molecule has 1 nitrogen and oxygen atoms in total. The number of fused-ring (bicyclic) bond motifs is 4. The van der Waals surface area contributed by atoms with Gasteiger partial charge in [0.2, 0.25) is 0 Å². The predicted octanol–water partition coefficient (Wildman–Crippen LogP) is 16.8. The molecule has 1 heteroatoms. The van der Waals surface area contributed by atoms with E-state index in [2.05, 4.69) is 256 Å². The highest BCUT2D eigenvalue weighted by molar-refractivity contribution is 5.98. The molecule has 0 bridgehead atoms. The highest BCUT2D eigenvalue weighted by atomic mass is 15.1. The molecule has 63 heavy (non-hydrogen) atoms. The Morgan fingerprint density at radius 2 is 0.952 bits per heavy atom. The van der Waals surface area contributed by atoms with Crippen LogP contribution in [0, 0.1) is 0 Å². The summed E-state index contributed by atoms with van der Waals surface area (Å²) in [7, 11) is 0. The van der Waals surface area contributed by atoms with Crippen molar-refractivity contribution in [2.24, 2.45) is 0 Å². The summed E-state index contributed by atoms with van der Waals surface area (Å²) in [5.41, 5.74) is 19.5. The van der Waals surface area contributed by atoms with E-state index in [-0.39, 0.29) is 5.41 Å². The molecular formula is C62H49N. The lowest BCUT2D eigenvalue weighted by Gasteiger charge is -2.27. The number of benzene rings is 9. The van der Waals surface area contributed by atoms with Gasteiger partial charge in [0, 0.05) is 23.3 Å². The molecule has 0 saturated carbocycles. The minimum Gasteiger partial charge on any atom is -0.338 e. The summed E-state index contributed by atoms with van der Waals surface area (Å²) in [5, 5.41) is 2.55. The van der Waals surface area contributed by atoms with E-state index in [1.54, 1.807) is 0 Å². The fourth-order valence-corrected chi connectivity index (χ4v) is 9.36. The molecule has 1 aliphatic rings. The SMILES string of the molecule is C=C/C=C(\C=C/CN(c1ccc(-c2ccc(-c3ccccc3)cc2)cc1)c1ccc2c(c1)C(C)(C)c1cc(-c3cccc4ccccc34)ccc1-2)c1ccc(-c2ccccc2)cc1. The van der Waals surface area contributed by atoms with E-state index < -0.39 is 0 Å². The largest absolute Gasteiger partial charge is 0.338 e. The number of nitrogens with zero attached hydrogens (tertiary/aromatic N) is 1. The molecule has 0 fully saturated rings. The van der Waals surface area contributed by atoms with Crippen molar-refractivity contribution >= 4 is 27.7 Å². The standard InChI is InChI=1S/C62H49N/c1-4-15-44(47-25-27-48(28-26-47)45-16-7-5-8-17-45)22-14-41-63(54-36-33-51(34-37-54)50-31-29-49(30-32-50)46-18-9-6-10-19-46)55-38-40-59-58-39-35-53(42-60(58)62(2,3)61(59)43-55)57-24-13-21-52-20-11-12-23-56(52)57/h4-40,42-43H,1,41H2,2-3H3/b22-14-,44-15+. The van der Waals surface area contributed by atoms with Gasteiger partial charge in [-0.3, -0.25) is 0 Å². The zero-order valence-electron chi connectivity index (χ0n) is 35.9. The summed E-state index contributed by atoms with van der Waals surface area (Å²) in [4.78, 5) is 2.43. The minimum absolute atomic E-state index is 0.190. The second-order valence-electron chi connectivity index (χ2n) is 16.9. The van der Waals surface area contributed by atoms with Crippen molar-refractivity contribution in [3.63, 3.8) is 0 Å². The van der Waals surface area contributed by atoms with Crippen molar-refractivity contribution in [3.8, 4) is 55.6 Å². The monoisotopic (exact) mass is 807 g/mol. The molecule has 0 atom stereocenters. The van der Waals surface area contributed by atoms with Crippen LogP contribution in [0.15, 0.2) is 243 Å². The lowest BCUT2D eigenvalue weighted by atomic mass is 9.81. The van der Waals surface area contributed by atoms with E-state index in [0.29, 0.717) is 6.54 Å². The van der Waals surface area contributed by atoms with Crippen LogP contribution in [0.2, 0.25) is 0 Å². The van der Waals surface area contributed by atoms with Crippen molar-refractivity contribution in [3.05, 3.63) is 260 Å². The summed E-state index contributed by atoms with van der Waals surface area (Å²) >= 11 is 0. The molecule has 0 aliphatic heterocycles. The molecular weight excluding hydrogens is 759 g/mol. The van der Waals surface area contributed by atoms with E-state index in [4.69, 9.17) is 0 Å². The van der Waals surface area contributed by atoms with Crippen LogP contribution in [0.4, 0.5) is 11.4 Å². The van der Waals surface area contributed by atoms with Crippen LogP contribution < -0.4 is 4.90 Å². The Morgan fingerprint density at radius 3 is 1.59 bits per heavy atom. The van der Waals surface area contributed by atoms with Gasteiger partial charge in [0.05, 0.1) is 0 Å². The van der Waals surface area contributed by atoms with Crippen LogP contribution in [-0.4, -0.2) is 6.54 Å². The fourth-order valence-electron chi connectivity index (χ4n) is 9.36. The molecule has 9 aromatic carbocycles. The van der Waals surface area contributed by atoms with Crippen molar-refractivity contribution in [2.45, 2.75) is 19.3 Å². The molecule has 0 saturated heterocycles. The average Bonchev–Trinajstić information content (AvgIpc) is 3.57. The first-order chi connectivity index (χ1) is 30.9. The molecule has 0 aromatic heterocycles. The lowest BCUT2D eigenvalue weighted by molar-refractivity contribution is 0.660. The normalized spacial score (nSPS) is 12.9. The zero-order valence-corrected chi connectivity index (χ0v) is 35.9. The lowest BCUT2D eigenvalue weighted by Crippen LogP contribution is -2.19. The molecule has 0 radical (unpaired) electrons. The molecule has 0 N–H and O–H groups in total. The topological polar surface area (TPSA) is 3.24 Å². The van der Waals surface area contributed by atoms with Gasteiger partial charge in [-0.1, -0.05) is 227 Å². The van der Waals surface area contributed by atoms with Crippen LogP contribution in [0.3, 0.4) is 0 Å². The van der Waals surface area contributed by atoms with Crippen LogP contribution in [0.1, 0.15) is 30.5 Å². The maximum Gasteiger partial charge on any atom is 0.0417 e.